The molecule has 132 valence electrons. The van der Waals surface area contributed by atoms with Crippen LogP contribution in [0.3, 0.4) is 0 Å². The zero-order valence-electron chi connectivity index (χ0n) is 14.6. The summed E-state index contributed by atoms with van der Waals surface area (Å²) in [5.74, 6) is 0. The Balaban J connectivity index is 1.72. The van der Waals surface area contributed by atoms with Crippen molar-refractivity contribution in [3.8, 4) is 0 Å². The molecule has 0 amide bonds. The van der Waals surface area contributed by atoms with Crippen molar-refractivity contribution < 1.29 is 0 Å². The van der Waals surface area contributed by atoms with Crippen LogP contribution in [-0.4, -0.2) is 9.97 Å². The largest absolute Gasteiger partial charge is 0.336 e. The van der Waals surface area contributed by atoms with Crippen LogP contribution in [0.4, 0.5) is 0 Å². The molecule has 0 fully saturated rings. The molecule has 5 heteroatoms. The van der Waals surface area contributed by atoms with Crippen LogP contribution in [0, 0.1) is 11.7 Å². The quantitative estimate of drug-likeness (QED) is 0.614. The Morgan fingerprint density at radius 1 is 1.08 bits per heavy atom. The van der Waals surface area contributed by atoms with E-state index < -0.39 is 0 Å². The Kier molecular flexibility index (Phi) is 4.49. The molecule has 3 aromatic rings. The minimum atomic E-state index is -0.252. The summed E-state index contributed by atoms with van der Waals surface area (Å²) < 4.78 is 0.841. The molecule has 0 saturated heterocycles. The van der Waals surface area contributed by atoms with Crippen LogP contribution < -0.4 is 11.3 Å². The van der Waals surface area contributed by atoms with Crippen molar-refractivity contribution in [1.29, 1.82) is 0 Å². The second kappa shape index (κ2) is 6.94. The number of H-pyrrole nitrogens is 2. The topological polar surface area (TPSA) is 74.7 Å². The number of hydrogen-bond acceptors (Lipinski definition) is 2. The van der Waals surface area contributed by atoms with Crippen LogP contribution in [0.5, 0.6) is 0 Å². The molecular formula is C21H21N3OS. The van der Waals surface area contributed by atoms with Crippen molar-refractivity contribution in [2.75, 3.05) is 0 Å². The number of aromatic nitrogens is 2. The number of fused-ring (bicyclic) bond motifs is 1. The maximum Gasteiger partial charge on any atom is 0.259 e. The maximum atomic E-state index is 12.4. The predicted octanol–water partition coefficient (Wildman–Crippen LogP) is 4.08. The second-order valence-electron chi connectivity index (χ2n) is 6.53. The SMILES string of the molecule is Cc1ccc2[nH]c(=S3C=CC(Cc4cccc(CN)c4)=C3)[nH]c(=O)c2c1. The van der Waals surface area contributed by atoms with Gasteiger partial charge < -0.3 is 15.7 Å². The second-order valence-corrected chi connectivity index (χ2v) is 8.19. The van der Waals surface area contributed by atoms with E-state index in [1.54, 1.807) is 0 Å². The van der Waals surface area contributed by atoms with E-state index in [0.717, 1.165) is 27.8 Å². The van der Waals surface area contributed by atoms with E-state index in [0.29, 0.717) is 11.9 Å². The van der Waals surface area contributed by atoms with Gasteiger partial charge in [-0.2, -0.15) is 0 Å². The van der Waals surface area contributed by atoms with Gasteiger partial charge in [0.15, 0.2) is 0 Å². The fourth-order valence-electron chi connectivity index (χ4n) is 3.13. The molecule has 0 aliphatic carbocycles. The lowest BCUT2D eigenvalue weighted by Crippen LogP contribution is -2.08. The van der Waals surface area contributed by atoms with Crippen molar-refractivity contribution in [1.82, 2.24) is 9.97 Å². The van der Waals surface area contributed by atoms with Crippen molar-refractivity contribution in [3.63, 3.8) is 0 Å². The lowest BCUT2D eigenvalue weighted by atomic mass is 10.0. The van der Waals surface area contributed by atoms with Crippen LogP contribution in [-0.2, 0) is 13.0 Å². The number of rotatable bonds is 3. The van der Waals surface area contributed by atoms with Gasteiger partial charge in [0.25, 0.3) is 5.56 Å². The molecule has 0 bridgehead atoms. The number of nitrogens with two attached hydrogens (primary N) is 1. The highest BCUT2D eigenvalue weighted by Crippen LogP contribution is 2.31. The molecule has 4 N–H and O–H groups in total. The number of hydrogen-bond donors (Lipinski definition) is 3. The Morgan fingerprint density at radius 2 is 1.92 bits per heavy atom. The molecule has 2 heterocycles. The number of benzene rings is 2. The van der Waals surface area contributed by atoms with E-state index in [4.69, 9.17) is 5.73 Å². The minimum Gasteiger partial charge on any atom is -0.336 e. The summed E-state index contributed by atoms with van der Waals surface area (Å²) in [6, 6.07) is 14.3. The molecule has 4 rings (SSSR count). The summed E-state index contributed by atoms with van der Waals surface area (Å²) in [5.41, 5.74) is 11.3. The average Bonchev–Trinajstić information content (AvgIpc) is 3.11. The molecule has 1 atom stereocenters. The molecule has 1 aromatic heterocycles. The Hall–Kier alpha value is -2.63. The molecule has 1 aliphatic heterocycles. The third-order valence-electron chi connectivity index (χ3n) is 4.47. The van der Waals surface area contributed by atoms with Crippen LogP contribution in [0.2, 0.25) is 0 Å². The van der Waals surface area contributed by atoms with Crippen LogP contribution in [0.25, 0.3) is 10.9 Å². The van der Waals surface area contributed by atoms with E-state index in [1.807, 2.05) is 37.3 Å². The molecule has 26 heavy (non-hydrogen) atoms. The van der Waals surface area contributed by atoms with Gasteiger partial charge in [-0.15, -0.1) is 0 Å². The zero-order valence-corrected chi connectivity index (χ0v) is 15.4. The first-order chi connectivity index (χ1) is 12.6. The summed E-state index contributed by atoms with van der Waals surface area (Å²) in [4.78, 5) is 18.8. The standard InChI is InChI=1S/C21H21N3OS/c1-14-5-6-19-18(9-14)20(25)24-21(23-19)26-8-7-17(13-26)11-15-3-2-4-16(10-15)12-22/h2-10,13,23H,11-12,22H2,1H3,(H,24,25). The van der Waals surface area contributed by atoms with Gasteiger partial charge in [0.2, 0.25) is 0 Å². The van der Waals surface area contributed by atoms with E-state index in [2.05, 4.69) is 39.0 Å². The third kappa shape index (κ3) is 3.36. The van der Waals surface area contributed by atoms with Crippen LogP contribution in [0.1, 0.15) is 16.7 Å². The molecule has 0 saturated carbocycles. The minimum absolute atomic E-state index is 0.0455. The first kappa shape index (κ1) is 16.8. The summed E-state index contributed by atoms with van der Waals surface area (Å²) >= 11 is 0. The van der Waals surface area contributed by atoms with E-state index in [9.17, 15) is 4.79 Å². The fourth-order valence-corrected chi connectivity index (χ4v) is 4.71. The normalized spacial score (nSPS) is 16.9. The Bertz CT molecular complexity index is 1180. The van der Waals surface area contributed by atoms with Gasteiger partial charge >= 0.3 is 0 Å². The smallest absolute Gasteiger partial charge is 0.259 e. The third-order valence-corrected chi connectivity index (χ3v) is 6.13. The van der Waals surface area contributed by atoms with Gasteiger partial charge in [-0.1, -0.05) is 52.5 Å². The summed E-state index contributed by atoms with van der Waals surface area (Å²) in [5, 5.41) is 5.06. The number of aryl methyl sites for hydroxylation is 1. The first-order valence-corrected chi connectivity index (χ1v) is 9.92. The van der Waals surface area contributed by atoms with Gasteiger partial charge in [0, 0.05) is 6.54 Å². The average molecular weight is 363 g/mol. The van der Waals surface area contributed by atoms with Gasteiger partial charge in [0.05, 0.1) is 10.9 Å². The zero-order chi connectivity index (χ0) is 18.1. The molecule has 1 unspecified atom stereocenters. The number of allylic oxidation sites excluding steroid dienone is 2. The predicted molar refractivity (Wildman–Crippen MR) is 110 cm³/mol. The molecule has 1 aliphatic rings. The highest BCUT2D eigenvalue weighted by molar-refractivity contribution is 8.14. The van der Waals surface area contributed by atoms with Crippen LogP contribution in [0.15, 0.2) is 69.7 Å². The molecule has 0 spiro atoms. The van der Waals surface area contributed by atoms with Crippen molar-refractivity contribution >= 4 is 21.4 Å². The van der Waals surface area contributed by atoms with Crippen LogP contribution >= 0.6 is 10.5 Å². The van der Waals surface area contributed by atoms with Crippen molar-refractivity contribution in [3.05, 3.63) is 96.7 Å². The first-order valence-electron chi connectivity index (χ1n) is 8.57. The van der Waals surface area contributed by atoms with E-state index in [1.165, 1.54) is 11.1 Å². The highest BCUT2D eigenvalue weighted by atomic mass is 32.2. The number of nitrogens with one attached hydrogen (secondary N) is 2. The summed E-state index contributed by atoms with van der Waals surface area (Å²) in [6.45, 7) is 2.54. The van der Waals surface area contributed by atoms with Gasteiger partial charge in [-0.05, 0) is 53.0 Å². The van der Waals surface area contributed by atoms with Gasteiger partial charge in [-0.3, -0.25) is 4.79 Å². The van der Waals surface area contributed by atoms with Crippen molar-refractivity contribution in [2.24, 2.45) is 5.73 Å². The summed E-state index contributed by atoms with van der Waals surface area (Å²) in [7, 11) is -0.252. The monoisotopic (exact) mass is 363 g/mol. The summed E-state index contributed by atoms with van der Waals surface area (Å²) in [6.07, 6.45) is 3.01. The van der Waals surface area contributed by atoms with E-state index in [-0.39, 0.29) is 16.0 Å². The Morgan fingerprint density at radius 3 is 2.77 bits per heavy atom. The highest BCUT2D eigenvalue weighted by Gasteiger charge is 2.06. The lowest BCUT2D eigenvalue weighted by molar-refractivity contribution is 1.06. The molecule has 0 radical (unpaired) electrons. The number of aromatic amines is 2. The maximum absolute atomic E-state index is 12.4. The molecular weight excluding hydrogens is 342 g/mol. The van der Waals surface area contributed by atoms with Gasteiger partial charge in [0.1, 0.15) is 4.77 Å². The van der Waals surface area contributed by atoms with E-state index >= 15 is 0 Å². The fraction of sp³-hybridized carbons (Fsp3) is 0.143. The van der Waals surface area contributed by atoms with Crippen molar-refractivity contribution in [2.45, 2.75) is 19.9 Å². The van der Waals surface area contributed by atoms with Gasteiger partial charge in [-0.25, -0.2) is 0 Å². The Labute approximate surface area is 154 Å². The lowest BCUT2D eigenvalue weighted by Gasteiger charge is -2.03. The molecule has 4 nitrogen and oxygen atoms in total. The molecule has 2 aromatic carbocycles.